The third-order valence-corrected chi connectivity index (χ3v) is 10.8. The van der Waals surface area contributed by atoms with E-state index < -0.39 is 23.5 Å². The molecular formula is C17H37NO4Si2. The van der Waals surface area contributed by atoms with Gasteiger partial charge >= 0.3 is 0 Å². The van der Waals surface area contributed by atoms with Gasteiger partial charge in [-0.05, 0) is 44.2 Å². The minimum atomic E-state index is -1.58. The predicted molar refractivity (Wildman–Crippen MR) is 105 cm³/mol. The number of hydrogen-bond acceptors (Lipinski definition) is 4. The Balaban J connectivity index is 3.83. The van der Waals surface area contributed by atoms with Crippen molar-refractivity contribution >= 4 is 23.3 Å². The molecule has 0 saturated carbocycles. The molecule has 0 aliphatic heterocycles. The average molecular weight is 376 g/mol. The number of nitrogens with zero attached hydrogens (tertiary/aromatic N) is 1. The van der Waals surface area contributed by atoms with Crippen molar-refractivity contribution in [3.8, 4) is 0 Å². The van der Waals surface area contributed by atoms with E-state index in [4.69, 9.17) is 8.85 Å². The minimum Gasteiger partial charge on any atom is -0.458 e. The maximum atomic E-state index is 11.3. The molecule has 24 heavy (non-hydrogen) atoms. The molecular weight excluding hydrogens is 338 g/mol. The molecule has 0 aliphatic rings. The van der Waals surface area contributed by atoms with Crippen LogP contribution in [0.2, 0.25) is 31.7 Å². The highest BCUT2D eigenvalue weighted by atomic mass is 28.4. The third kappa shape index (κ3) is 12.0. The largest absolute Gasteiger partial charge is 0.458 e. The van der Waals surface area contributed by atoms with Gasteiger partial charge in [-0.25, -0.2) is 0 Å². The summed E-state index contributed by atoms with van der Waals surface area (Å²) in [5.74, 6) is -0.194. The number of aliphatic hydroxyl groups excluding tert-OH is 1. The first-order valence-corrected chi connectivity index (χ1v) is 14.6. The molecule has 1 amide bonds. The van der Waals surface area contributed by atoms with Crippen molar-refractivity contribution in [1.82, 2.24) is 4.90 Å². The van der Waals surface area contributed by atoms with Crippen molar-refractivity contribution in [2.45, 2.75) is 64.0 Å². The van der Waals surface area contributed by atoms with Crippen molar-refractivity contribution in [1.29, 1.82) is 0 Å². The summed E-state index contributed by atoms with van der Waals surface area (Å²) in [4.78, 5) is 12.8. The van der Waals surface area contributed by atoms with Crippen LogP contribution >= 0.6 is 0 Å². The van der Waals surface area contributed by atoms with Crippen molar-refractivity contribution in [2.24, 2.45) is 0 Å². The summed E-state index contributed by atoms with van der Waals surface area (Å²) < 4.78 is 11.9. The number of unbranched alkanes of at least 4 members (excludes halogenated alkanes) is 1. The molecule has 0 aromatic heterocycles. The van der Waals surface area contributed by atoms with Gasteiger partial charge in [0.2, 0.25) is 5.91 Å². The van der Waals surface area contributed by atoms with E-state index in [1.54, 1.807) is 7.05 Å². The first-order valence-electron chi connectivity index (χ1n) is 9.03. The quantitative estimate of drug-likeness (QED) is 0.288. The molecule has 5 nitrogen and oxygen atoms in total. The van der Waals surface area contributed by atoms with E-state index in [1.165, 1.54) is 29.9 Å². The lowest BCUT2D eigenvalue weighted by Crippen LogP contribution is -2.37. The first kappa shape index (κ1) is 23.5. The van der Waals surface area contributed by atoms with Gasteiger partial charge in [-0.2, -0.15) is 0 Å². The molecule has 0 rings (SSSR count). The van der Waals surface area contributed by atoms with E-state index in [-0.39, 0.29) is 19.1 Å². The minimum absolute atomic E-state index is 0.194. The Morgan fingerprint density at radius 1 is 1.42 bits per heavy atom. The summed E-state index contributed by atoms with van der Waals surface area (Å²) >= 11 is 0. The summed E-state index contributed by atoms with van der Waals surface area (Å²) in [5.41, 5.74) is 0. The molecule has 7 heteroatoms. The molecule has 2 atom stereocenters. The number of rotatable bonds is 14. The van der Waals surface area contributed by atoms with Crippen molar-refractivity contribution in [3.63, 3.8) is 0 Å². The van der Waals surface area contributed by atoms with Gasteiger partial charge in [-0.1, -0.05) is 26.3 Å². The van der Waals surface area contributed by atoms with Gasteiger partial charge in [0.25, 0.3) is 0 Å². The summed E-state index contributed by atoms with van der Waals surface area (Å²) in [7, 11) is -0.957. The Bertz CT molecular complexity index is 366. The van der Waals surface area contributed by atoms with Crippen LogP contribution in [0.25, 0.3) is 0 Å². The fraction of sp³-hybridized carbons (Fsp3) is 0.824. The van der Waals surface area contributed by atoms with E-state index in [1.807, 2.05) is 0 Å². The standard InChI is InChI=1S/C17H37NO4Si2/c1-7-9-12-23(4)22-24(5,6)13-10-11-21-15-16(19)14-18(3)17(20)8-2/h8,16,19,23H,2,7,9-15H2,1,3-6H3. The molecule has 0 aliphatic carbocycles. The fourth-order valence-electron chi connectivity index (χ4n) is 2.59. The Labute approximate surface area is 150 Å². The van der Waals surface area contributed by atoms with Gasteiger partial charge in [0.15, 0.2) is 17.4 Å². The van der Waals surface area contributed by atoms with Gasteiger partial charge < -0.3 is 18.9 Å². The van der Waals surface area contributed by atoms with Crippen LogP contribution in [-0.4, -0.2) is 66.2 Å². The summed E-state index contributed by atoms with van der Waals surface area (Å²) in [5, 5.41) is 9.86. The predicted octanol–water partition coefficient (Wildman–Crippen LogP) is 2.77. The highest BCUT2D eigenvalue weighted by Crippen LogP contribution is 2.17. The number of aliphatic hydroxyl groups is 1. The second-order valence-corrected chi connectivity index (χ2v) is 14.2. The lowest BCUT2D eigenvalue weighted by atomic mass is 10.3. The van der Waals surface area contributed by atoms with Crippen molar-refractivity contribution in [3.05, 3.63) is 12.7 Å². The van der Waals surface area contributed by atoms with Gasteiger partial charge in [0.05, 0.1) is 12.7 Å². The third-order valence-electron chi connectivity index (χ3n) is 3.90. The molecule has 0 heterocycles. The number of carbonyl (C=O) groups excluding carboxylic acids is 1. The molecule has 0 radical (unpaired) electrons. The second kappa shape index (κ2) is 12.8. The van der Waals surface area contributed by atoms with Crippen LogP contribution in [0.5, 0.6) is 0 Å². The fourth-order valence-corrected chi connectivity index (χ4v) is 9.87. The molecule has 0 fully saturated rings. The zero-order valence-corrected chi connectivity index (χ0v) is 18.4. The van der Waals surface area contributed by atoms with E-state index in [2.05, 4.69) is 33.1 Å². The van der Waals surface area contributed by atoms with Gasteiger partial charge in [0, 0.05) is 20.2 Å². The topological polar surface area (TPSA) is 59.0 Å². The Morgan fingerprint density at radius 2 is 2.08 bits per heavy atom. The maximum absolute atomic E-state index is 11.3. The second-order valence-electron chi connectivity index (χ2n) is 7.09. The van der Waals surface area contributed by atoms with Crippen LogP contribution in [0.1, 0.15) is 26.2 Å². The van der Waals surface area contributed by atoms with Crippen LogP contribution in [0.15, 0.2) is 12.7 Å². The van der Waals surface area contributed by atoms with Crippen molar-refractivity contribution in [2.75, 3.05) is 26.8 Å². The van der Waals surface area contributed by atoms with Crippen LogP contribution in [0, 0.1) is 0 Å². The monoisotopic (exact) mass is 375 g/mol. The molecule has 0 spiro atoms. The van der Waals surface area contributed by atoms with Crippen molar-refractivity contribution < 1.29 is 18.8 Å². The van der Waals surface area contributed by atoms with Gasteiger partial charge in [0.1, 0.15) is 0 Å². The zero-order valence-electron chi connectivity index (χ0n) is 16.2. The number of hydrogen-bond donors (Lipinski definition) is 1. The van der Waals surface area contributed by atoms with Crippen LogP contribution in [-0.2, 0) is 13.6 Å². The molecule has 2 unspecified atom stereocenters. The zero-order chi connectivity index (χ0) is 18.6. The van der Waals surface area contributed by atoms with Crippen LogP contribution in [0.4, 0.5) is 0 Å². The number of likely N-dealkylation sites (N-methyl/N-ethyl adjacent to an activating group) is 1. The molecule has 0 aromatic carbocycles. The smallest absolute Gasteiger partial charge is 0.245 e. The Kier molecular flexibility index (Phi) is 12.6. The highest BCUT2D eigenvalue weighted by Gasteiger charge is 2.24. The molecule has 0 bridgehead atoms. The molecule has 0 saturated heterocycles. The number of ether oxygens (including phenoxy) is 1. The van der Waals surface area contributed by atoms with E-state index >= 15 is 0 Å². The molecule has 142 valence electrons. The summed E-state index contributed by atoms with van der Waals surface area (Å²) in [6.07, 6.45) is 4.06. The number of amides is 1. The molecule has 0 aromatic rings. The van der Waals surface area contributed by atoms with E-state index in [0.29, 0.717) is 6.61 Å². The van der Waals surface area contributed by atoms with E-state index in [9.17, 15) is 9.90 Å². The SMILES string of the molecule is C=CC(=O)N(C)CC(O)COCCC[Si](C)(C)O[SiH](C)CCCC. The maximum Gasteiger partial charge on any atom is 0.245 e. The molecule has 1 N–H and O–H groups in total. The average Bonchev–Trinajstić information content (AvgIpc) is 2.50. The lowest BCUT2D eigenvalue weighted by molar-refractivity contribution is -0.126. The first-order chi connectivity index (χ1) is 11.2. The Morgan fingerprint density at radius 3 is 2.67 bits per heavy atom. The van der Waals surface area contributed by atoms with Gasteiger partial charge in [-0.15, -0.1) is 0 Å². The van der Waals surface area contributed by atoms with Crippen LogP contribution in [0.3, 0.4) is 0 Å². The summed E-state index contributed by atoms with van der Waals surface area (Å²) in [6.45, 7) is 13.7. The van der Waals surface area contributed by atoms with Crippen LogP contribution < -0.4 is 0 Å². The normalized spacial score (nSPS) is 14.2. The highest BCUT2D eigenvalue weighted by molar-refractivity contribution is 6.78. The summed E-state index contributed by atoms with van der Waals surface area (Å²) in [6, 6.07) is 2.36. The van der Waals surface area contributed by atoms with Gasteiger partial charge in [-0.3, -0.25) is 4.79 Å². The number of carbonyl (C=O) groups is 1. The lowest BCUT2D eigenvalue weighted by Gasteiger charge is -2.27. The van der Waals surface area contributed by atoms with E-state index in [0.717, 1.165) is 12.5 Å². The Hall–Kier alpha value is -0.476.